The predicted molar refractivity (Wildman–Crippen MR) is 289 cm³/mol. The first-order valence-electron chi connectivity index (χ1n) is 30.1. The zero-order chi connectivity index (χ0) is 49.1. The van der Waals surface area contributed by atoms with E-state index in [0.29, 0.717) is 19.3 Å². The fraction of sp³-hybridized carbons (Fsp3) is 0.951. The molecule has 0 saturated carbocycles. The average Bonchev–Trinajstić information content (AvgIpc) is 3.29. The Kier molecular flexibility index (Phi) is 51.0. The van der Waals surface area contributed by atoms with Crippen LogP contribution in [0.25, 0.3) is 0 Å². The fourth-order valence-corrected chi connectivity index (χ4v) is 9.35. The molecule has 0 rings (SSSR count). The summed E-state index contributed by atoms with van der Waals surface area (Å²) in [5.74, 6) is 1.68. The number of hydrogen-bond donors (Lipinski definition) is 0. The van der Waals surface area contributed by atoms with Gasteiger partial charge in [0, 0.05) is 19.3 Å². The Hall–Kier alpha value is -1.59. The highest BCUT2D eigenvalue weighted by atomic mass is 16.6. The van der Waals surface area contributed by atoms with E-state index in [1.165, 1.54) is 218 Å². The monoisotopic (exact) mass is 947 g/mol. The number of unbranched alkanes of at least 4 members (excludes halogenated alkanes) is 37. The van der Waals surface area contributed by atoms with Crippen LogP contribution in [-0.2, 0) is 28.6 Å². The summed E-state index contributed by atoms with van der Waals surface area (Å²) in [4.78, 5) is 38.2. The van der Waals surface area contributed by atoms with E-state index in [0.717, 1.165) is 75.5 Å². The molecule has 0 bridgehead atoms. The Morgan fingerprint density at radius 3 is 0.642 bits per heavy atom. The van der Waals surface area contributed by atoms with E-state index in [-0.39, 0.29) is 31.1 Å². The van der Waals surface area contributed by atoms with Crippen LogP contribution in [0.1, 0.15) is 337 Å². The second-order valence-corrected chi connectivity index (χ2v) is 22.4. The van der Waals surface area contributed by atoms with E-state index < -0.39 is 6.10 Å². The van der Waals surface area contributed by atoms with Gasteiger partial charge in [0.25, 0.3) is 0 Å². The van der Waals surface area contributed by atoms with Gasteiger partial charge in [-0.05, 0) is 37.0 Å². The van der Waals surface area contributed by atoms with Crippen molar-refractivity contribution in [1.82, 2.24) is 0 Å². The lowest BCUT2D eigenvalue weighted by atomic mass is 10.0. The summed E-state index contributed by atoms with van der Waals surface area (Å²) in [5.41, 5.74) is 0. The highest BCUT2D eigenvalue weighted by Crippen LogP contribution is 2.19. The minimum atomic E-state index is -0.764. The van der Waals surface area contributed by atoms with Gasteiger partial charge in [-0.1, -0.05) is 298 Å². The van der Waals surface area contributed by atoms with Crippen LogP contribution >= 0.6 is 0 Å². The molecule has 0 unspecified atom stereocenters. The van der Waals surface area contributed by atoms with Gasteiger partial charge in [-0.2, -0.15) is 0 Å². The lowest BCUT2D eigenvalue weighted by Crippen LogP contribution is -2.30. The van der Waals surface area contributed by atoms with Crippen molar-refractivity contribution >= 4 is 17.9 Å². The summed E-state index contributed by atoms with van der Waals surface area (Å²) < 4.78 is 16.9. The molecule has 0 amide bonds. The molecule has 0 aromatic heterocycles. The fourth-order valence-electron chi connectivity index (χ4n) is 9.35. The molecule has 0 fully saturated rings. The molecular formula is C61H118O6. The number of hydrogen-bond acceptors (Lipinski definition) is 6. The van der Waals surface area contributed by atoms with Gasteiger partial charge in [0.15, 0.2) is 6.10 Å². The standard InChI is InChI=1S/C61H118O6/c1-55(2)47-41-35-29-23-17-11-8-7-9-13-20-26-32-38-44-50-59(62)65-53-58(67-61(64)52-46-40-34-28-22-16-15-19-25-31-37-43-49-57(5)6)54-66-60(63)51-45-39-33-27-21-14-10-12-18-24-30-36-42-48-56(3)4/h55-58H,7-54H2,1-6H3/t58-/m1/s1. The van der Waals surface area contributed by atoms with E-state index in [2.05, 4.69) is 41.5 Å². The molecule has 0 aliphatic rings. The van der Waals surface area contributed by atoms with E-state index in [1.807, 2.05) is 0 Å². The quantitative estimate of drug-likeness (QED) is 0.0343. The zero-order valence-electron chi connectivity index (χ0n) is 46.2. The Balaban J connectivity index is 4.29. The normalized spacial score (nSPS) is 12.1. The van der Waals surface area contributed by atoms with Gasteiger partial charge >= 0.3 is 17.9 Å². The second kappa shape index (κ2) is 52.2. The molecule has 6 nitrogen and oxygen atoms in total. The molecule has 0 heterocycles. The van der Waals surface area contributed by atoms with Crippen LogP contribution in [-0.4, -0.2) is 37.2 Å². The molecule has 0 saturated heterocycles. The topological polar surface area (TPSA) is 78.9 Å². The minimum absolute atomic E-state index is 0.0631. The van der Waals surface area contributed by atoms with Crippen molar-refractivity contribution in [2.45, 2.75) is 343 Å². The largest absolute Gasteiger partial charge is 0.462 e. The SMILES string of the molecule is CC(C)CCCCCCCCCCCCCCCCCC(=O)OC[C@H](COC(=O)CCCCCCCCCCCCCCCC(C)C)OC(=O)CCCCCCCCCCCCCCC(C)C. The summed E-state index contributed by atoms with van der Waals surface area (Å²) >= 11 is 0. The zero-order valence-corrected chi connectivity index (χ0v) is 46.2. The Bertz CT molecular complexity index is 1040. The predicted octanol–water partition coefficient (Wildman–Crippen LogP) is 19.9. The van der Waals surface area contributed by atoms with E-state index in [9.17, 15) is 14.4 Å². The number of rotatable bonds is 54. The third-order valence-electron chi connectivity index (χ3n) is 13.9. The van der Waals surface area contributed by atoms with Crippen LogP contribution in [0.3, 0.4) is 0 Å². The summed E-state index contributed by atoms with van der Waals surface area (Å²) in [5, 5.41) is 0. The number of carbonyl (C=O) groups excluding carboxylic acids is 3. The number of ether oxygens (including phenoxy) is 3. The van der Waals surface area contributed by atoms with Crippen molar-refractivity contribution in [3.8, 4) is 0 Å². The summed E-state index contributed by atoms with van der Waals surface area (Å²) in [7, 11) is 0. The minimum Gasteiger partial charge on any atom is -0.462 e. The van der Waals surface area contributed by atoms with Crippen molar-refractivity contribution < 1.29 is 28.6 Å². The van der Waals surface area contributed by atoms with Crippen molar-refractivity contribution in [2.75, 3.05) is 13.2 Å². The molecule has 0 radical (unpaired) electrons. The molecule has 0 N–H and O–H groups in total. The van der Waals surface area contributed by atoms with Crippen molar-refractivity contribution in [3.63, 3.8) is 0 Å². The Morgan fingerprint density at radius 2 is 0.433 bits per heavy atom. The van der Waals surface area contributed by atoms with Gasteiger partial charge in [0.1, 0.15) is 13.2 Å². The maximum absolute atomic E-state index is 12.9. The molecule has 67 heavy (non-hydrogen) atoms. The van der Waals surface area contributed by atoms with Gasteiger partial charge in [-0.25, -0.2) is 0 Å². The molecule has 398 valence electrons. The highest BCUT2D eigenvalue weighted by molar-refractivity contribution is 5.71. The number of esters is 3. The summed E-state index contributed by atoms with van der Waals surface area (Å²) in [6.45, 7) is 13.8. The lowest BCUT2D eigenvalue weighted by Gasteiger charge is -2.18. The lowest BCUT2D eigenvalue weighted by molar-refractivity contribution is -0.167. The van der Waals surface area contributed by atoms with Gasteiger partial charge in [-0.15, -0.1) is 0 Å². The van der Waals surface area contributed by atoms with E-state index >= 15 is 0 Å². The van der Waals surface area contributed by atoms with Gasteiger partial charge in [0.2, 0.25) is 0 Å². The molecule has 0 aliphatic heterocycles. The van der Waals surface area contributed by atoms with Crippen molar-refractivity contribution in [3.05, 3.63) is 0 Å². The average molecular weight is 948 g/mol. The third-order valence-corrected chi connectivity index (χ3v) is 13.9. The van der Waals surface area contributed by atoms with Crippen molar-refractivity contribution in [1.29, 1.82) is 0 Å². The molecule has 0 spiro atoms. The third kappa shape index (κ3) is 55.2. The molecule has 0 aromatic rings. The van der Waals surface area contributed by atoms with Crippen LogP contribution in [0.5, 0.6) is 0 Å². The maximum atomic E-state index is 12.9. The van der Waals surface area contributed by atoms with Crippen LogP contribution in [0.15, 0.2) is 0 Å². The molecule has 1 atom stereocenters. The first-order valence-corrected chi connectivity index (χ1v) is 30.1. The molecule has 0 aliphatic carbocycles. The van der Waals surface area contributed by atoms with Crippen molar-refractivity contribution in [2.24, 2.45) is 17.8 Å². The number of carbonyl (C=O) groups is 3. The van der Waals surface area contributed by atoms with E-state index in [1.54, 1.807) is 0 Å². The molecule has 6 heteroatoms. The van der Waals surface area contributed by atoms with Crippen LogP contribution in [0.4, 0.5) is 0 Å². The van der Waals surface area contributed by atoms with Crippen LogP contribution < -0.4 is 0 Å². The van der Waals surface area contributed by atoms with Crippen LogP contribution in [0.2, 0.25) is 0 Å². The van der Waals surface area contributed by atoms with Gasteiger partial charge in [-0.3, -0.25) is 14.4 Å². The highest BCUT2D eigenvalue weighted by Gasteiger charge is 2.19. The van der Waals surface area contributed by atoms with Gasteiger partial charge in [0.05, 0.1) is 0 Å². The maximum Gasteiger partial charge on any atom is 0.306 e. The van der Waals surface area contributed by atoms with Gasteiger partial charge < -0.3 is 14.2 Å². The van der Waals surface area contributed by atoms with E-state index in [4.69, 9.17) is 14.2 Å². The molecular weight excluding hydrogens is 829 g/mol. The smallest absolute Gasteiger partial charge is 0.306 e. The second-order valence-electron chi connectivity index (χ2n) is 22.4. The first kappa shape index (κ1) is 65.4. The first-order chi connectivity index (χ1) is 32.6. The Labute approximate surface area is 418 Å². The summed E-state index contributed by atoms with van der Waals surface area (Å²) in [6.07, 6.45) is 55.2. The summed E-state index contributed by atoms with van der Waals surface area (Å²) in [6, 6.07) is 0. The molecule has 0 aromatic carbocycles. The Morgan fingerprint density at radius 1 is 0.254 bits per heavy atom. The van der Waals surface area contributed by atoms with Crippen LogP contribution in [0, 0.1) is 17.8 Å².